The zero-order valence-corrected chi connectivity index (χ0v) is 23.6. The molecular weight excluding hydrogens is 527 g/mol. The van der Waals surface area contributed by atoms with Gasteiger partial charge in [-0.3, -0.25) is 0 Å². The summed E-state index contributed by atoms with van der Waals surface area (Å²) in [5.74, 6) is 0. The van der Waals surface area contributed by atoms with Crippen LogP contribution in [-0.4, -0.2) is 4.57 Å². The van der Waals surface area contributed by atoms with Gasteiger partial charge in [-0.2, -0.15) is 0 Å². The first-order valence-corrected chi connectivity index (χ1v) is 15.2. The third-order valence-electron chi connectivity index (χ3n) is 8.54. The van der Waals surface area contributed by atoms with Crippen molar-refractivity contribution in [3.8, 4) is 27.9 Å². The maximum absolute atomic E-state index is 2.46. The quantitative estimate of drug-likeness (QED) is 0.206. The molecule has 7 aromatic carbocycles. The first kappa shape index (κ1) is 23.5. The summed E-state index contributed by atoms with van der Waals surface area (Å²) >= 11 is 1.89. The number of hydrogen-bond acceptors (Lipinski definition) is 1. The van der Waals surface area contributed by atoms with E-state index >= 15 is 0 Å². The van der Waals surface area contributed by atoms with Crippen molar-refractivity contribution in [3.63, 3.8) is 0 Å². The van der Waals surface area contributed by atoms with E-state index in [1.165, 1.54) is 80.7 Å². The van der Waals surface area contributed by atoms with Crippen LogP contribution in [0.1, 0.15) is 0 Å². The first-order chi connectivity index (χ1) is 20.8. The number of fused-ring (bicyclic) bond motifs is 8. The van der Waals surface area contributed by atoms with E-state index in [1.54, 1.807) is 0 Å². The van der Waals surface area contributed by atoms with Crippen LogP contribution >= 0.6 is 11.3 Å². The molecule has 0 saturated carbocycles. The molecule has 0 N–H and O–H groups in total. The lowest BCUT2D eigenvalue weighted by molar-refractivity contribution is 1.18. The Morgan fingerprint density at radius 2 is 1.02 bits per heavy atom. The van der Waals surface area contributed by atoms with Gasteiger partial charge in [0.15, 0.2) is 0 Å². The number of rotatable bonds is 3. The summed E-state index contributed by atoms with van der Waals surface area (Å²) in [7, 11) is 0. The molecule has 9 aromatic rings. The number of nitrogens with zero attached hydrogens (tertiary/aromatic N) is 1. The summed E-state index contributed by atoms with van der Waals surface area (Å²) in [5, 5.41) is 7.87. The SMILES string of the molecule is c1ccc(-c2cc(-c3ccccc3)cc(-n3c4ccccc4c4c5cc6sc7ccccc7c6cc5ccc43)c2)cc1. The zero-order valence-electron chi connectivity index (χ0n) is 22.8. The molecular formula is C40H25NS. The van der Waals surface area contributed by atoms with Crippen LogP contribution in [0.25, 0.3) is 80.7 Å². The number of para-hydroxylation sites is 1. The van der Waals surface area contributed by atoms with Crippen molar-refractivity contribution in [2.45, 2.75) is 0 Å². The predicted octanol–water partition coefficient (Wildman–Crippen LogP) is 11.6. The summed E-state index contributed by atoms with van der Waals surface area (Å²) in [4.78, 5) is 0. The average molecular weight is 552 g/mol. The second kappa shape index (κ2) is 9.17. The molecule has 196 valence electrons. The Hall–Kier alpha value is -5.18. The van der Waals surface area contributed by atoms with Gasteiger partial charge in [-0.15, -0.1) is 11.3 Å². The minimum atomic E-state index is 1.17. The monoisotopic (exact) mass is 551 g/mol. The highest BCUT2D eigenvalue weighted by atomic mass is 32.1. The molecule has 0 atom stereocenters. The van der Waals surface area contributed by atoms with Crippen LogP contribution in [0.4, 0.5) is 0 Å². The van der Waals surface area contributed by atoms with Crippen LogP contribution in [0.15, 0.2) is 152 Å². The molecule has 0 unspecified atom stereocenters. The second-order valence-corrected chi connectivity index (χ2v) is 12.1. The Morgan fingerprint density at radius 1 is 0.381 bits per heavy atom. The highest BCUT2D eigenvalue weighted by Gasteiger charge is 2.17. The van der Waals surface area contributed by atoms with Gasteiger partial charge in [0.2, 0.25) is 0 Å². The number of thiophene rings is 1. The molecule has 0 saturated heterocycles. The molecule has 0 aliphatic carbocycles. The minimum Gasteiger partial charge on any atom is -0.309 e. The van der Waals surface area contributed by atoms with Gasteiger partial charge in [0.25, 0.3) is 0 Å². The van der Waals surface area contributed by atoms with E-state index in [0.29, 0.717) is 0 Å². The summed E-state index contributed by atoms with van der Waals surface area (Å²) in [6, 6.07) is 55.5. The van der Waals surface area contributed by atoms with E-state index in [2.05, 4.69) is 156 Å². The zero-order chi connectivity index (χ0) is 27.6. The maximum atomic E-state index is 2.46. The van der Waals surface area contributed by atoms with Crippen molar-refractivity contribution >= 4 is 64.1 Å². The molecule has 0 aliphatic rings. The van der Waals surface area contributed by atoms with Crippen molar-refractivity contribution in [1.29, 1.82) is 0 Å². The topological polar surface area (TPSA) is 4.93 Å². The molecule has 0 amide bonds. The number of benzene rings is 7. The smallest absolute Gasteiger partial charge is 0.0547 e. The lowest BCUT2D eigenvalue weighted by atomic mass is 9.98. The van der Waals surface area contributed by atoms with Crippen LogP contribution in [0.2, 0.25) is 0 Å². The number of hydrogen-bond donors (Lipinski definition) is 0. The molecule has 0 bridgehead atoms. The third-order valence-corrected chi connectivity index (χ3v) is 9.67. The van der Waals surface area contributed by atoms with Gasteiger partial charge < -0.3 is 4.57 Å². The van der Waals surface area contributed by atoms with Crippen LogP contribution in [0.3, 0.4) is 0 Å². The Kier molecular flexibility index (Phi) is 5.13. The minimum absolute atomic E-state index is 1.17. The van der Waals surface area contributed by atoms with Gasteiger partial charge in [0, 0.05) is 36.6 Å². The average Bonchev–Trinajstić information content (AvgIpc) is 3.60. The van der Waals surface area contributed by atoms with E-state index in [1.807, 2.05) is 11.3 Å². The predicted molar refractivity (Wildman–Crippen MR) is 182 cm³/mol. The van der Waals surface area contributed by atoms with E-state index in [-0.39, 0.29) is 0 Å². The lowest BCUT2D eigenvalue weighted by Gasteiger charge is -2.14. The molecule has 1 nitrogen and oxygen atoms in total. The molecule has 2 aromatic heterocycles. The molecule has 0 fully saturated rings. The highest BCUT2D eigenvalue weighted by molar-refractivity contribution is 7.25. The van der Waals surface area contributed by atoms with Crippen LogP contribution in [-0.2, 0) is 0 Å². The van der Waals surface area contributed by atoms with Crippen molar-refractivity contribution in [2.75, 3.05) is 0 Å². The molecule has 9 rings (SSSR count). The summed E-state index contributed by atoms with van der Waals surface area (Å²) in [6.07, 6.45) is 0. The van der Waals surface area contributed by atoms with Crippen molar-refractivity contribution < 1.29 is 0 Å². The largest absolute Gasteiger partial charge is 0.309 e. The Bertz CT molecular complexity index is 2390. The van der Waals surface area contributed by atoms with Gasteiger partial charge >= 0.3 is 0 Å². The van der Waals surface area contributed by atoms with Gasteiger partial charge in [0.05, 0.1) is 11.0 Å². The van der Waals surface area contributed by atoms with Gasteiger partial charge in [0.1, 0.15) is 0 Å². The maximum Gasteiger partial charge on any atom is 0.0547 e. The standard InChI is InChI=1S/C40H25NS/c1-3-11-26(12-4-1)29-21-30(27-13-5-2-6-14-27)23-31(22-29)41-36-17-9-7-16-33(36)40-34-25-39-35(24-28(34)19-20-37(40)41)32-15-8-10-18-38(32)42-39/h1-25H. The van der Waals surface area contributed by atoms with Crippen LogP contribution in [0, 0.1) is 0 Å². The highest BCUT2D eigenvalue weighted by Crippen LogP contribution is 2.42. The summed E-state index contributed by atoms with van der Waals surface area (Å²) in [6.45, 7) is 0. The molecule has 42 heavy (non-hydrogen) atoms. The van der Waals surface area contributed by atoms with Crippen LogP contribution in [0.5, 0.6) is 0 Å². The Balaban J connectivity index is 1.38. The molecule has 2 heterocycles. The normalized spacial score (nSPS) is 11.8. The van der Waals surface area contributed by atoms with E-state index in [4.69, 9.17) is 0 Å². The molecule has 0 aliphatic heterocycles. The number of aromatic nitrogens is 1. The van der Waals surface area contributed by atoms with Gasteiger partial charge in [-0.25, -0.2) is 0 Å². The van der Waals surface area contributed by atoms with Crippen molar-refractivity contribution in [3.05, 3.63) is 152 Å². The Morgan fingerprint density at radius 3 is 1.76 bits per heavy atom. The fraction of sp³-hybridized carbons (Fsp3) is 0. The van der Waals surface area contributed by atoms with Crippen molar-refractivity contribution in [2.24, 2.45) is 0 Å². The summed E-state index contributed by atoms with van der Waals surface area (Å²) in [5.41, 5.74) is 8.49. The molecule has 2 heteroatoms. The molecule has 0 radical (unpaired) electrons. The van der Waals surface area contributed by atoms with Crippen LogP contribution < -0.4 is 0 Å². The third kappa shape index (κ3) is 3.56. The van der Waals surface area contributed by atoms with E-state index in [0.717, 1.165) is 0 Å². The Labute approximate surface area is 247 Å². The fourth-order valence-corrected chi connectivity index (χ4v) is 7.75. The fourth-order valence-electron chi connectivity index (χ4n) is 6.62. The second-order valence-electron chi connectivity index (χ2n) is 11.0. The van der Waals surface area contributed by atoms with Gasteiger partial charge in [-0.1, -0.05) is 103 Å². The van der Waals surface area contributed by atoms with Gasteiger partial charge in [-0.05, 0) is 81.6 Å². The van der Waals surface area contributed by atoms with Crippen molar-refractivity contribution in [1.82, 2.24) is 4.57 Å². The summed E-state index contributed by atoms with van der Waals surface area (Å²) < 4.78 is 5.14. The van der Waals surface area contributed by atoms with E-state index in [9.17, 15) is 0 Å². The first-order valence-electron chi connectivity index (χ1n) is 14.4. The molecule has 0 spiro atoms. The lowest BCUT2D eigenvalue weighted by Crippen LogP contribution is -1.96. The van der Waals surface area contributed by atoms with E-state index < -0.39 is 0 Å².